The average molecular weight is 664 g/mol. The molecule has 2 aromatic heterocycles. The van der Waals surface area contributed by atoms with Gasteiger partial charge in [0.1, 0.15) is 18.2 Å². The van der Waals surface area contributed by atoms with Crippen molar-refractivity contribution in [1.29, 1.82) is 0 Å². The van der Waals surface area contributed by atoms with Crippen LogP contribution < -0.4 is 19.2 Å². The largest absolute Gasteiger partial charge is 0.548 e. The van der Waals surface area contributed by atoms with E-state index in [1.54, 1.807) is 37.8 Å². The van der Waals surface area contributed by atoms with Gasteiger partial charge in [0.2, 0.25) is 9.76 Å². The average Bonchev–Trinajstić information content (AvgIpc) is 3.09. The van der Waals surface area contributed by atoms with E-state index in [0.29, 0.717) is 35.1 Å². The van der Waals surface area contributed by atoms with E-state index in [4.69, 9.17) is 25.5 Å². The fourth-order valence-electron chi connectivity index (χ4n) is 5.79. The van der Waals surface area contributed by atoms with E-state index in [-0.39, 0.29) is 21.7 Å². The van der Waals surface area contributed by atoms with Gasteiger partial charge in [-0.2, -0.15) is 0 Å². The molecule has 238 valence electrons. The molecule has 6 nitrogen and oxygen atoms in total. The molecule has 0 amide bonds. The number of benzene rings is 4. The minimum absolute atomic E-state index is 0.116. The van der Waals surface area contributed by atoms with Gasteiger partial charge in [0.15, 0.2) is 11.5 Å². The number of rotatable bonds is 12. The molecule has 1 N–H and O–H groups in total. The van der Waals surface area contributed by atoms with Crippen molar-refractivity contribution in [2.75, 3.05) is 12.4 Å². The van der Waals surface area contributed by atoms with Gasteiger partial charge in [-0.1, -0.05) is 86.1 Å². The fourth-order valence-corrected chi connectivity index (χ4v) is 7.49. The van der Waals surface area contributed by atoms with Gasteiger partial charge in [-0.15, -0.1) is 0 Å². The lowest BCUT2D eigenvalue weighted by molar-refractivity contribution is 0.285. The number of fused-ring (bicyclic) bond motifs is 1. The maximum atomic E-state index is 15.4. The summed E-state index contributed by atoms with van der Waals surface area (Å²) in [4.78, 5) is 8.58. The highest BCUT2D eigenvalue weighted by Crippen LogP contribution is 2.46. The van der Waals surface area contributed by atoms with Crippen molar-refractivity contribution in [1.82, 2.24) is 9.97 Å². The summed E-state index contributed by atoms with van der Waals surface area (Å²) in [5, 5.41) is 4.00. The van der Waals surface area contributed by atoms with E-state index in [2.05, 4.69) is 77.7 Å². The molecule has 0 saturated heterocycles. The van der Waals surface area contributed by atoms with Crippen molar-refractivity contribution >= 4 is 43.6 Å². The van der Waals surface area contributed by atoms with Crippen molar-refractivity contribution in [3.05, 3.63) is 149 Å². The summed E-state index contributed by atoms with van der Waals surface area (Å²) in [6, 6.07) is 33.1. The zero-order valence-electron chi connectivity index (χ0n) is 26.4. The highest BCUT2D eigenvalue weighted by Gasteiger charge is 2.34. The molecular formula is C38H35ClFN3O3Si. The Balaban J connectivity index is 1.25. The van der Waals surface area contributed by atoms with Crippen LogP contribution in [0.25, 0.3) is 10.9 Å². The third-order valence-electron chi connectivity index (χ3n) is 8.11. The van der Waals surface area contributed by atoms with Crippen LogP contribution in [0.5, 0.6) is 17.2 Å². The Labute approximate surface area is 281 Å². The molecule has 0 aliphatic heterocycles. The summed E-state index contributed by atoms with van der Waals surface area (Å²) in [5.41, 5.74) is 4.96. The predicted octanol–water partition coefficient (Wildman–Crippen LogP) is 9.25. The minimum atomic E-state index is -1.26. The maximum Gasteiger partial charge on any atom is 0.226 e. The highest BCUT2D eigenvalue weighted by atomic mass is 35.5. The molecule has 0 aliphatic carbocycles. The number of aromatic nitrogens is 2. The first-order chi connectivity index (χ1) is 22.8. The summed E-state index contributed by atoms with van der Waals surface area (Å²) < 4.78 is 33.6. The van der Waals surface area contributed by atoms with Crippen LogP contribution in [0.2, 0.25) is 10.1 Å². The number of ether oxygens (including phenoxy) is 2. The number of hydrogen-bond acceptors (Lipinski definition) is 6. The highest BCUT2D eigenvalue weighted by molar-refractivity contribution is 6.36. The van der Waals surface area contributed by atoms with Crippen molar-refractivity contribution < 1.29 is 18.3 Å². The van der Waals surface area contributed by atoms with E-state index < -0.39 is 15.6 Å². The second kappa shape index (κ2) is 14.2. The SMILES string of the molecule is COc1cc2c(Nc3cc(O[SiH2]C(C)(C)C(c4ccccc4)c4ccccc4)c(Cl)cc3F)ccnc2cc1OCc1ccncc1. The van der Waals surface area contributed by atoms with Crippen molar-refractivity contribution in [2.45, 2.75) is 31.4 Å². The lowest BCUT2D eigenvalue weighted by Gasteiger charge is -2.35. The molecule has 0 bridgehead atoms. The second-order valence-corrected chi connectivity index (χ2v) is 14.7. The van der Waals surface area contributed by atoms with E-state index in [1.807, 2.05) is 36.4 Å². The van der Waals surface area contributed by atoms with Crippen molar-refractivity contribution in [2.24, 2.45) is 0 Å². The first-order valence-electron chi connectivity index (χ1n) is 15.3. The Morgan fingerprint density at radius 2 is 1.49 bits per heavy atom. The Bertz CT molecular complexity index is 1930. The third-order valence-corrected chi connectivity index (χ3v) is 10.0. The summed E-state index contributed by atoms with van der Waals surface area (Å²) >= 11 is 6.56. The molecule has 0 spiro atoms. The summed E-state index contributed by atoms with van der Waals surface area (Å²) in [6.45, 7) is 4.80. The van der Waals surface area contributed by atoms with Gasteiger partial charge >= 0.3 is 0 Å². The van der Waals surface area contributed by atoms with Crippen LogP contribution >= 0.6 is 11.6 Å². The molecule has 6 rings (SSSR count). The molecule has 47 heavy (non-hydrogen) atoms. The maximum absolute atomic E-state index is 15.4. The number of methoxy groups -OCH3 is 1. The lowest BCUT2D eigenvalue weighted by Crippen LogP contribution is -2.27. The van der Waals surface area contributed by atoms with Crippen LogP contribution in [0.4, 0.5) is 15.8 Å². The van der Waals surface area contributed by atoms with Crippen LogP contribution in [0.15, 0.2) is 122 Å². The number of hydrogen-bond donors (Lipinski definition) is 1. The first kappa shape index (κ1) is 32.0. The van der Waals surface area contributed by atoms with Gasteiger partial charge in [-0.3, -0.25) is 9.97 Å². The van der Waals surface area contributed by atoms with E-state index in [1.165, 1.54) is 17.2 Å². The zero-order chi connectivity index (χ0) is 32.8. The number of nitrogens with zero attached hydrogens (tertiary/aromatic N) is 2. The van der Waals surface area contributed by atoms with E-state index in [0.717, 1.165) is 10.9 Å². The topological polar surface area (TPSA) is 65.5 Å². The molecule has 9 heteroatoms. The van der Waals surface area contributed by atoms with Gasteiger partial charge in [0.25, 0.3) is 0 Å². The van der Waals surface area contributed by atoms with Crippen LogP contribution in [0.3, 0.4) is 0 Å². The van der Waals surface area contributed by atoms with Gasteiger partial charge < -0.3 is 19.2 Å². The molecule has 6 aromatic rings. The normalized spacial score (nSPS) is 11.7. The smallest absolute Gasteiger partial charge is 0.226 e. The van der Waals surface area contributed by atoms with Crippen LogP contribution in [-0.2, 0) is 6.61 Å². The Morgan fingerprint density at radius 3 is 2.15 bits per heavy atom. The van der Waals surface area contributed by atoms with Crippen LogP contribution in [0.1, 0.15) is 36.5 Å². The first-order valence-corrected chi connectivity index (χ1v) is 17.0. The van der Waals surface area contributed by atoms with E-state index in [9.17, 15) is 0 Å². The van der Waals surface area contributed by atoms with Crippen LogP contribution in [0, 0.1) is 5.82 Å². The molecule has 0 atom stereocenters. The standard InChI is InChI=1S/C38H35ClFN3O3Si/c1-38(2,37(26-10-6-4-7-11-26)27-12-8-5-9-13-27)47-46-34-23-33(30(40)21-29(34)39)43-31-16-19-42-32-22-36(35(44-3)20-28(31)32)45-24-25-14-17-41-18-15-25/h4-23,37H,24,47H2,1-3H3,(H,42,43). The Hall–Kier alpha value is -4.92. The summed E-state index contributed by atoms with van der Waals surface area (Å²) in [6.07, 6.45) is 5.10. The van der Waals surface area contributed by atoms with Crippen molar-refractivity contribution in [3.63, 3.8) is 0 Å². The molecule has 0 radical (unpaired) electrons. The summed E-state index contributed by atoms with van der Waals surface area (Å²) in [5.74, 6) is 1.14. The number of anilines is 2. The van der Waals surface area contributed by atoms with Crippen molar-refractivity contribution in [3.8, 4) is 17.2 Å². The zero-order valence-corrected chi connectivity index (χ0v) is 28.6. The quantitative estimate of drug-likeness (QED) is 0.132. The molecule has 0 unspecified atom stereocenters. The fraction of sp³-hybridized carbons (Fsp3) is 0.158. The van der Waals surface area contributed by atoms with Crippen LogP contribution in [-0.4, -0.2) is 26.8 Å². The molecule has 2 heterocycles. The van der Waals surface area contributed by atoms with Gasteiger partial charge in [0, 0.05) is 47.7 Å². The van der Waals surface area contributed by atoms with Gasteiger partial charge in [-0.25, -0.2) is 4.39 Å². The molecule has 4 aromatic carbocycles. The Morgan fingerprint density at radius 1 is 0.809 bits per heavy atom. The number of nitrogens with one attached hydrogen (secondary N) is 1. The minimum Gasteiger partial charge on any atom is -0.548 e. The predicted molar refractivity (Wildman–Crippen MR) is 189 cm³/mol. The molecule has 0 saturated carbocycles. The Kier molecular flexibility index (Phi) is 9.70. The molecular weight excluding hydrogens is 629 g/mol. The number of pyridine rings is 2. The molecule has 0 aliphatic rings. The number of halogens is 2. The molecule has 0 fully saturated rings. The summed E-state index contributed by atoms with van der Waals surface area (Å²) in [7, 11) is 0.317. The monoisotopic (exact) mass is 663 g/mol. The van der Waals surface area contributed by atoms with E-state index >= 15 is 4.39 Å². The van der Waals surface area contributed by atoms with Gasteiger partial charge in [-0.05, 0) is 52.1 Å². The third kappa shape index (κ3) is 7.40. The van der Waals surface area contributed by atoms with Gasteiger partial charge in [0.05, 0.1) is 23.3 Å². The second-order valence-electron chi connectivity index (χ2n) is 11.9. The lowest BCUT2D eigenvalue weighted by atomic mass is 9.82.